The molecule has 1 heterocycles. The van der Waals surface area contributed by atoms with Crippen LogP contribution in [-0.4, -0.2) is 22.8 Å². The third-order valence-electron chi connectivity index (χ3n) is 2.41. The lowest BCUT2D eigenvalue weighted by Crippen LogP contribution is -2.33. The summed E-state index contributed by atoms with van der Waals surface area (Å²) in [5.74, 6) is 0.621. The molecule has 1 N–H and O–H groups in total. The maximum Gasteiger partial charge on any atom is 0.417 e. The van der Waals surface area contributed by atoms with Gasteiger partial charge in [0.2, 0.25) is 0 Å². The van der Waals surface area contributed by atoms with Crippen LogP contribution in [0.25, 0.3) is 0 Å². The molecular weight excluding hydrogens is 287 g/mol. The Morgan fingerprint density at radius 3 is 2.55 bits per heavy atom. The predicted octanol–water partition coefficient (Wildman–Crippen LogP) is 3.47. The van der Waals surface area contributed by atoms with Crippen LogP contribution in [0, 0.1) is 11.3 Å². The number of halogens is 3. The molecule has 1 atom stereocenters. The van der Waals surface area contributed by atoms with Crippen LogP contribution >= 0.6 is 11.8 Å². The maximum atomic E-state index is 12.4. The summed E-state index contributed by atoms with van der Waals surface area (Å²) in [5.41, 5.74) is -0.752. The molecule has 3 nitrogen and oxygen atoms in total. The normalized spacial score (nSPS) is 13.2. The smallest absolute Gasteiger partial charge is 0.300 e. The van der Waals surface area contributed by atoms with Crippen molar-refractivity contribution in [3.63, 3.8) is 0 Å². The molecule has 20 heavy (non-hydrogen) atoms. The fourth-order valence-corrected chi connectivity index (χ4v) is 2.36. The van der Waals surface area contributed by atoms with E-state index < -0.39 is 11.7 Å². The zero-order valence-corrected chi connectivity index (χ0v) is 12.1. The van der Waals surface area contributed by atoms with Gasteiger partial charge in [-0.05, 0) is 32.4 Å². The first kappa shape index (κ1) is 16.8. The Morgan fingerprint density at radius 2 is 2.10 bits per heavy atom. The van der Waals surface area contributed by atoms with Crippen LogP contribution in [0.1, 0.15) is 25.8 Å². The second kappa shape index (κ2) is 7.50. The maximum absolute atomic E-state index is 12.4. The average Bonchev–Trinajstić information content (AvgIpc) is 2.36. The molecule has 1 rings (SSSR count). The van der Waals surface area contributed by atoms with Crippen LogP contribution in [0.15, 0.2) is 23.4 Å². The van der Waals surface area contributed by atoms with E-state index in [1.165, 1.54) is 17.8 Å². The second-order valence-corrected chi connectivity index (χ2v) is 5.64. The van der Waals surface area contributed by atoms with Crippen molar-refractivity contribution in [1.82, 2.24) is 10.3 Å². The lowest BCUT2D eigenvalue weighted by molar-refractivity contribution is -0.137. The molecule has 0 aliphatic heterocycles. The van der Waals surface area contributed by atoms with E-state index in [1.54, 1.807) is 0 Å². The summed E-state index contributed by atoms with van der Waals surface area (Å²) in [6.45, 7) is 3.91. The molecule has 0 amide bonds. The molecular formula is C13H16F3N3S. The van der Waals surface area contributed by atoms with Gasteiger partial charge < -0.3 is 0 Å². The van der Waals surface area contributed by atoms with Crippen LogP contribution in [0.2, 0.25) is 0 Å². The molecule has 0 saturated carbocycles. The molecule has 0 aliphatic rings. The van der Waals surface area contributed by atoms with E-state index in [0.717, 1.165) is 12.3 Å². The molecule has 0 fully saturated rings. The van der Waals surface area contributed by atoms with Gasteiger partial charge in [0.15, 0.2) is 0 Å². The van der Waals surface area contributed by atoms with Crippen molar-refractivity contribution in [3.05, 3.63) is 23.9 Å². The summed E-state index contributed by atoms with van der Waals surface area (Å²) in [5, 5.41) is 12.6. The van der Waals surface area contributed by atoms with Crippen LogP contribution < -0.4 is 5.32 Å². The molecule has 1 aromatic rings. The molecule has 1 aromatic heterocycles. The summed E-state index contributed by atoms with van der Waals surface area (Å²) in [6.07, 6.45) is -2.91. The van der Waals surface area contributed by atoms with Crippen LogP contribution in [-0.2, 0) is 6.18 Å². The number of hydrogen-bond acceptors (Lipinski definition) is 4. The van der Waals surface area contributed by atoms with E-state index in [9.17, 15) is 13.2 Å². The lowest BCUT2D eigenvalue weighted by Gasteiger charge is -2.13. The summed E-state index contributed by atoms with van der Waals surface area (Å²) in [6, 6.07) is 4.49. The third-order valence-corrected chi connectivity index (χ3v) is 3.39. The molecule has 0 bridgehead atoms. The quantitative estimate of drug-likeness (QED) is 0.818. The first-order valence-electron chi connectivity index (χ1n) is 6.14. The molecule has 7 heteroatoms. The standard InChI is InChI=1S/C13H16F3N3S/c1-9(2)19-11(7-17)5-6-20-12-4-3-10(8-18-12)13(14,15)16/h3-4,8-9,11,19H,5-6H2,1-2H3. The van der Waals surface area contributed by atoms with Gasteiger partial charge in [-0.1, -0.05) is 0 Å². The summed E-state index contributed by atoms with van der Waals surface area (Å²) >= 11 is 1.34. The van der Waals surface area contributed by atoms with Gasteiger partial charge in [-0.15, -0.1) is 11.8 Å². The van der Waals surface area contributed by atoms with Gasteiger partial charge in [0.25, 0.3) is 0 Å². The number of thioether (sulfide) groups is 1. The molecule has 0 spiro atoms. The van der Waals surface area contributed by atoms with Crippen molar-refractivity contribution in [2.75, 3.05) is 5.75 Å². The Kier molecular flexibility index (Phi) is 6.30. The topological polar surface area (TPSA) is 48.7 Å². The highest BCUT2D eigenvalue weighted by molar-refractivity contribution is 7.99. The van der Waals surface area contributed by atoms with E-state index >= 15 is 0 Å². The minimum atomic E-state index is -4.36. The van der Waals surface area contributed by atoms with Gasteiger partial charge in [0, 0.05) is 18.0 Å². The van der Waals surface area contributed by atoms with Gasteiger partial charge in [0.1, 0.15) is 0 Å². The Bertz CT molecular complexity index is 451. The summed E-state index contributed by atoms with van der Waals surface area (Å²) in [4.78, 5) is 3.77. The van der Waals surface area contributed by atoms with Crippen molar-refractivity contribution in [2.24, 2.45) is 0 Å². The van der Waals surface area contributed by atoms with Gasteiger partial charge in [-0.25, -0.2) is 4.98 Å². The Balaban J connectivity index is 2.45. The minimum Gasteiger partial charge on any atom is -0.300 e. The van der Waals surface area contributed by atoms with Crippen LogP contribution in [0.4, 0.5) is 13.2 Å². The molecule has 0 radical (unpaired) electrons. The largest absolute Gasteiger partial charge is 0.417 e. The monoisotopic (exact) mass is 303 g/mol. The predicted molar refractivity (Wildman–Crippen MR) is 72.3 cm³/mol. The third kappa shape index (κ3) is 5.80. The number of nitriles is 1. The second-order valence-electron chi connectivity index (χ2n) is 4.52. The summed E-state index contributed by atoms with van der Waals surface area (Å²) in [7, 11) is 0. The van der Waals surface area contributed by atoms with Gasteiger partial charge >= 0.3 is 6.18 Å². The SMILES string of the molecule is CC(C)NC(C#N)CCSc1ccc(C(F)(F)F)cn1. The number of hydrogen-bond donors (Lipinski definition) is 1. The van der Waals surface area contributed by atoms with Crippen molar-refractivity contribution >= 4 is 11.8 Å². The Morgan fingerprint density at radius 1 is 1.40 bits per heavy atom. The van der Waals surface area contributed by atoms with Gasteiger partial charge in [-0.2, -0.15) is 18.4 Å². The zero-order chi connectivity index (χ0) is 15.2. The van der Waals surface area contributed by atoms with Crippen molar-refractivity contribution in [2.45, 2.75) is 43.6 Å². The minimum absolute atomic E-state index is 0.217. The summed E-state index contributed by atoms with van der Waals surface area (Å²) < 4.78 is 37.1. The highest BCUT2D eigenvalue weighted by atomic mass is 32.2. The fraction of sp³-hybridized carbons (Fsp3) is 0.538. The molecule has 0 aliphatic carbocycles. The van der Waals surface area contributed by atoms with Crippen LogP contribution in [0.5, 0.6) is 0 Å². The van der Waals surface area contributed by atoms with Gasteiger partial charge in [0.05, 0.1) is 22.7 Å². The number of nitrogens with zero attached hydrogens (tertiary/aromatic N) is 2. The van der Waals surface area contributed by atoms with Gasteiger partial charge in [-0.3, -0.25) is 5.32 Å². The van der Waals surface area contributed by atoms with E-state index in [4.69, 9.17) is 5.26 Å². The van der Waals surface area contributed by atoms with E-state index in [1.807, 2.05) is 13.8 Å². The average molecular weight is 303 g/mol. The fourth-order valence-electron chi connectivity index (χ4n) is 1.50. The first-order valence-corrected chi connectivity index (χ1v) is 7.13. The molecule has 0 aromatic carbocycles. The lowest BCUT2D eigenvalue weighted by atomic mass is 10.2. The zero-order valence-electron chi connectivity index (χ0n) is 11.2. The molecule has 110 valence electrons. The number of aromatic nitrogens is 1. The molecule has 1 unspecified atom stereocenters. The number of alkyl halides is 3. The first-order chi connectivity index (χ1) is 9.32. The van der Waals surface area contributed by atoms with Crippen LogP contribution in [0.3, 0.4) is 0 Å². The van der Waals surface area contributed by atoms with E-state index in [2.05, 4.69) is 16.4 Å². The highest BCUT2D eigenvalue weighted by Gasteiger charge is 2.30. The van der Waals surface area contributed by atoms with Crippen molar-refractivity contribution in [1.29, 1.82) is 5.26 Å². The van der Waals surface area contributed by atoms with E-state index in [0.29, 0.717) is 17.2 Å². The molecule has 0 saturated heterocycles. The Hall–Kier alpha value is -1.26. The number of nitrogens with one attached hydrogen (secondary N) is 1. The Labute approximate surface area is 120 Å². The number of pyridine rings is 1. The van der Waals surface area contributed by atoms with Crippen molar-refractivity contribution in [3.8, 4) is 6.07 Å². The van der Waals surface area contributed by atoms with E-state index in [-0.39, 0.29) is 12.1 Å². The van der Waals surface area contributed by atoms with Crippen molar-refractivity contribution < 1.29 is 13.2 Å². The highest BCUT2D eigenvalue weighted by Crippen LogP contribution is 2.29. The number of rotatable bonds is 6.